The molecule has 7 atom stereocenters. The van der Waals surface area contributed by atoms with E-state index in [1.807, 2.05) is 0 Å². The largest absolute Gasteiger partial charge is 0.457 e. The molecule has 0 aliphatic carbocycles. The van der Waals surface area contributed by atoms with Crippen molar-refractivity contribution >= 4 is 11.9 Å². The lowest BCUT2D eigenvalue weighted by atomic mass is 9.83. The molecule has 31 heavy (non-hydrogen) atoms. The second-order valence-electron chi connectivity index (χ2n) is 8.72. The van der Waals surface area contributed by atoms with Gasteiger partial charge in [-0.2, -0.15) is 0 Å². The van der Waals surface area contributed by atoms with Gasteiger partial charge >= 0.3 is 11.9 Å². The zero-order valence-electron chi connectivity index (χ0n) is 17.5. The van der Waals surface area contributed by atoms with Crippen LogP contribution in [-0.2, 0) is 28.5 Å². The van der Waals surface area contributed by atoms with Crippen LogP contribution in [-0.4, -0.2) is 63.2 Å². The van der Waals surface area contributed by atoms with Crippen LogP contribution in [0.3, 0.4) is 0 Å². The first-order valence-corrected chi connectivity index (χ1v) is 10.1. The summed E-state index contributed by atoms with van der Waals surface area (Å²) in [4.78, 5) is 24.3. The molecule has 0 aromatic carbocycles. The molecule has 0 amide bonds. The third-order valence-electron chi connectivity index (χ3n) is 6.07. The molecule has 9 heteroatoms. The van der Waals surface area contributed by atoms with Gasteiger partial charge in [-0.3, -0.25) is 4.79 Å². The monoisotopic (exact) mass is 434 g/mol. The molecule has 3 N–H and O–H groups in total. The summed E-state index contributed by atoms with van der Waals surface area (Å²) in [6.45, 7) is 8.24. The number of esters is 2. The van der Waals surface area contributed by atoms with Gasteiger partial charge in [0.25, 0.3) is 5.79 Å². The first-order chi connectivity index (χ1) is 14.4. The number of ether oxygens (including phenoxy) is 4. The zero-order chi connectivity index (χ0) is 22.7. The minimum absolute atomic E-state index is 0.00217. The van der Waals surface area contributed by atoms with E-state index >= 15 is 0 Å². The smallest absolute Gasteiger partial charge is 0.338 e. The Hall–Kier alpha value is -2.46. The first-order valence-electron chi connectivity index (χ1n) is 10.1. The predicted molar refractivity (Wildman–Crippen MR) is 105 cm³/mol. The number of carbonyl (C=O) groups is 2. The van der Waals surface area contributed by atoms with Crippen molar-refractivity contribution in [2.45, 2.75) is 69.6 Å². The second-order valence-corrected chi connectivity index (χ2v) is 8.72. The maximum atomic E-state index is 12.6. The summed E-state index contributed by atoms with van der Waals surface area (Å²) in [5, 5.41) is 32.5. The Morgan fingerprint density at radius 1 is 1.35 bits per heavy atom. The predicted octanol–water partition coefficient (Wildman–Crippen LogP) is 0.753. The molecule has 168 valence electrons. The van der Waals surface area contributed by atoms with Crippen molar-refractivity contribution in [2.75, 3.05) is 0 Å². The van der Waals surface area contributed by atoms with E-state index < -0.39 is 53.8 Å². The number of hydrogen-bond donors (Lipinski definition) is 3. The van der Waals surface area contributed by atoms with E-state index in [-0.39, 0.29) is 29.7 Å². The molecular weight excluding hydrogens is 408 g/mol. The van der Waals surface area contributed by atoms with Crippen molar-refractivity contribution in [2.24, 2.45) is 5.92 Å². The molecule has 0 aromatic rings. The highest BCUT2D eigenvalue weighted by molar-refractivity contribution is 5.92. The minimum atomic E-state index is -1.95. The van der Waals surface area contributed by atoms with Gasteiger partial charge in [-0.1, -0.05) is 6.58 Å². The van der Waals surface area contributed by atoms with Crippen LogP contribution in [0.25, 0.3) is 0 Å². The Bertz CT molecular complexity index is 927. The maximum Gasteiger partial charge on any atom is 0.338 e. The number of fused-ring (bicyclic) bond motifs is 5. The number of aliphatic hydroxyl groups is 3. The number of rotatable bonds is 1. The van der Waals surface area contributed by atoms with Gasteiger partial charge in [-0.05, 0) is 44.1 Å². The van der Waals surface area contributed by atoms with Gasteiger partial charge in [0.2, 0.25) is 0 Å². The fourth-order valence-electron chi connectivity index (χ4n) is 4.59. The normalized spacial score (nSPS) is 43.8. The van der Waals surface area contributed by atoms with Gasteiger partial charge in [0, 0.05) is 24.8 Å². The molecule has 0 unspecified atom stereocenters. The van der Waals surface area contributed by atoms with Crippen molar-refractivity contribution in [3.63, 3.8) is 0 Å². The fourth-order valence-corrected chi connectivity index (χ4v) is 4.59. The summed E-state index contributed by atoms with van der Waals surface area (Å²) in [6, 6.07) is 0. The number of carbonyl (C=O) groups excluding carboxylic acids is 2. The Kier molecular flexibility index (Phi) is 5.13. The molecule has 4 rings (SSSR count). The second kappa shape index (κ2) is 7.30. The summed E-state index contributed by atoms with van der Waals surface area (Å²) < 4.78 is 22.2. The lowest BCUT2D eigenvalue weighted by Crippen LogP contribution is -2.47. The van der Waals surface area contributed by atoms with Crippen molar-refractivity contribution in [1.82, 2.24) is 0 Å². The molecule has 1 saturated heterocycles. The average molecular weight is 434 g/mol. The summed E-state index contributed by atoms with van der Waals surface area (Å²) in [5.74, 6) is -3.73. The number of aliphatic hydroxyl groups excluding tert-OH is 1. The van der Waals surface area contributed by atoms with Gasteiger partial charge in [-0.25, -0.2) is 4.79 Å². The molecule has 4 aliphatic rings. The Morgan fingerprint density at radius 2 is 2.06 bits per heavy atom. The average Bonchev–Trinajstić information content (AvgIpc) is 3.22. The molecule has 9 nitrogen and oxygen atoms in total. The lowest BCUT2D eigenvalue weighted by Gasteiger charge is -2.34. The van der Waals surface area contributed by atoms with E-state index in [1.54, 1.807) is 13.0 Å². The van der Waals surface area contributed by atoms with Crippen LogP contribution in [0.4, 0.5) is 0 Å². The fraction of sp³-hybridized carbons (Fsp3) is 0.545. The SMILES string of the molecule is C=C1[C@@H](O)O[C@H]2[C@H]1C[C@@H](OC(C)=O)C1=C[C@H](C[C@](C)(O)/C=C3\C=C(C)[C@]2(O)O3)OC1=O. The van der Waals surface area contributed by atoms with Gasteiger partial charge in [-0.15, -0.1) is 0 Å². The van der Waals surface area contributed by atoms with Crippen molar-refractivity contribution in [1.29, 1.82) is 0 Å². The summed E-state index contributed by atoms with van der Waals surface area (Å²) in [7, 11) is 0. The molecule has 0 radical (unpaired) electrons. The Balaban J connectivity index is 1.83. The van der Waals surface area contributed by atoms with Crippen LogP contribution in [0.15, 0.2) is 47.3 Å². The molecular formula is C22H26O9. The third kappa shape index (κ3) is 3.82. The third-order valence-corrected chi connectivity index (χ3v) is 6.07. The van der Waals surface area contributed by atoms with E-state index in [0.29, 0.717) is 5.57 Å². The summed E-state index contributed by atoms with van der Waals surface area (Å²) in [6.07, 6.45) is 0.293. The van der Waals surface area contributed by atoms with E-state index in [1.165, 1.54) is 26.0 Å². The highest BCUT2D eigenvalue weighted by atomic mass is 16.7. The maximum absolute atomic E-state index is 12.6. The number of hydrogen-bond acceptors (Lipinski definition) is 9. The Morgan fingerprint density at radius 3 is 2.74 bits per heavy atom. The van der Waals surface area contributed by atoms with E-state index in [2.05, 4.69) is 6.58 Å². The lowest BCUT2D eigenvalue weighted by molar-refractivity contribution is -0.236. The molecule has 4 aliphatic heterocycles. The molecule has 0 spiro atoms. The van der Waals surface area contributed by atoms with Gasteiger partial charge in [0.15, 0.2) is 6.29 Å². The Labute approximate surface area is 179 Å². The van der Waals surface area contributed by atoms with E-state index in [4.69, 9.17) is 18.9 Å². The first kappa shape index (κ1) is 21.8. The molecule has 0 saturated carbocycles. The van der Waals surface area contributed by atoms with Crippen LogP contribution >= 0.6 is 0 Å². The highest BCUT2D eigenvalue weighted by Crippen LogP contribution is 2.47. The van der Waals surface area contributed by atoms with Gasteiger partial charge in [0.05, 0.1) is 11.2 Å². The van der Waals surface area contributed by atoms with Crippen LogP contribution in [0.5, 0.6) is 0 Å². The minimum Gasteiger partial charge on any atom is -0.457 e. The van der Waals surface area contributed by atoms with Gasteiger partial charge < -0.3 is 34.3 Å². The quantitative estimate of drug-likeness (QED) is 0.404. The number of allylic oxidation sites excluding steroid dienone is 1. The van der Waals surface area contributed by atoms with E-state index in [0.717, 1.165) is 0 Å². The topological polar surface area (TPSA) is 132 Å². The van der Waals surface area contributed by atoms with Crippen molar-refractivity contribution in [3.8, 4) is 0 Å². The molecule has 1 fully saturated rings. The summed E-state index contributed by atoms with van der Waals surface area (Å²) >= 11 is 0. The zero-order valence-corrected chi connectivity index (χ0v) is 17.5. The summed E-state index contributed by atoms with van der Waals surface area (Å²) in [5.41, 5.74) is -0.656. The van der Waals surface area contributed by atoms with Crippen molar-refractivity contribution < 1.29 is 43.9 Å². The van der Waals surface area contributed by atoms with Gasteiger partial charge in [0.1, 0.15) is 24.1 Å². The molecule has 4 bridgehead atoms. The van der Waals surface area contributed by atoms with Crippen LogP contribution in [0, 0.1) is 5.92 Å². The van der Waals surface area contributed by atoms with Crippen LogP contribution in [0.2, 0.25) is 0 Å². The molecule has 0 aromatic heterocycles. The van der Waals surface area contributed by atoms with Crippen LogP contribution in [0.1, 0.15) is 33.6 Å². The molecule has 4 heterocycles. The van der Waals surface area contributed by atoms with E-state index in [9.17, 15) is 24.9 Å². The highest BCUT2D eigenvalue weighted by Gasteiger charge is 2.56. The van der Waals surface area contributed by atoms with Crippen molar-refractivity contribution in [3.05, 3.63) is 47.3 Å². The standard InChI is InChI=1S/C22H26O9/c1-10-5-14-9-21(4,26)8-13-6-16(20(25)29-13)17(28-12(3)23)7-15-11(2)19(24)30-18(15)22(10,27)31-14/h5-6,9,13,15,17-19,24,26-27H,2,7-8H2,1,3-4H3/b14-9+/t13-,15+,17-,18+,19+,21+,22+/m1/s1. The van der Waals surface area contributed by atoms with Crippen LogP contribution < -0.4 is 0 Å².